The molecule has 11 heteroatoms. The number of ether oxygens (including phenoxy) is 4. The highest BCUT2D eigenvalue weighted by molar-refractivity contribution is 9.10. The Bertz CT molecular complexity index is 1700. The highest BCUT2D eigenvalue weighted by Gasteiger charge is 2.33. The monoisotopic (exact) mass is 640 g/mol. The van der Waals surface area contributed by atoms with E-state index in [1.807, 2.05) is 19.1 Å². The maximum Gasteiger partial charge on any atom is 0.338 e. The number of benzene rings is 2. The van der Waals surface area contributed by atoms with Gasteiger partial charge in [0.2, 0.25) is 0 Å². The lowest BCUT2D eigenvalue weighted by Gasteiger charge is -2.24. The van der Waals surface area contributed by atoms with Gasteiger partial charge in [-0.1, -0.05) is 36.1 Å². The largest absolute Gasteiger partial charge is 0.490 e. The molecule has 0 radical (unpaired) electrons. The fourth-order valence-electron chi connectivity index (χ4n) is 4.34. The average Bonchev–Trinajstić information content (AvgIpc) is 3.23. The number of nitrogens with zero attached hydrogens (tertiary/aromatic N) is 2. The molecule has 1 unspecified atom stereocenters. The minimum atomic E-state index is -0.752. The third kappa shape index (κ3) is 6.52. The molecule has 4 rings (SSSR count). The lowest BCUT2D eigenvalue weighted by atomic mass is 9.96. The van der Waals surface area contributed by atoms with Crippen molar-refractivity contribution in [3.05, 3.63) is 95.6 Å². The molecule has 0 saturated heterocycles. The molecule has 214 valence electrons. The van der Waals surface area contributed by atoms with Crippen LogP contribution in [0.1, 0.15) is 44.9 Å². The summed E-state index contributed by atoms with van der Waals surface area (Å²) < 4.78 is 24.4. The molecule has 0 saturated carbocycles. The summed E-state index contributed by atoms with van der Waals surface area (Å²) in [5, 5.41) is 0. The van der Waals surface area contributed by atoms with Gasteiger partial charge >= 0.3 is 11.9 Å². The standard InChI is InChI=1S/C30H29BrN2O7S/c1-6-13-39-21-11-9-20(10-12-21)26-25(29(36)38-8-3)17(4)32-30-33(26)28(35)24(41-30)16-19-14-22(31)27(40-18(5)34)23(15-19)37-7-2/h6,9-12,14-16,26H,1,7-8,13H2,2-5H3/b24-16+. The Labute approximate surface area is 249 Å². The molecule has 0 fully saturated rings. The molecule has 1 aliphatic heterocycles. The number of hydrogen-bond donors (Lipinski definition) is 0. The number of esters is 2. The fourth-order valence-corrected chi connectivity index (χ4v) is 5.92. The van der Waals surface area contributed by atoms with Crippen molar-refractivity contribution in [3.8, 4) is 17.2 Å². The van der Waals surface area contributed by atoms with Gasteiger partial charge in [0.15, 0.2) is 16.3 Å². The summed E-state index contributed by atoms with van der Waals surface area (Å²) in [5.74, 6) is 0.223. The Hall–Kier alpha value is -3.96. The minimum Gasteiger partial charge on any atom is -0.490 e. The van der Waals surface area contributed by atoms with Gasteiger partial charge in [0.1, 0.15) is 12.4 Å². The topological polar surface area (TPSA) is 105 Å². The average molecular weight is 642 g/mol. The van der Waals surface area contributed by atoms with E-state index in [-0.39, 0.29) is 23.5 Å². The summed E-state index contributed by atoms with van der Waals surface area (Å²) in [4.78, 5) is 43.7. The Morgan fingerprint density at radius 3 is 2.51 bits per heavy atom. The zero-order chi connectivity index (χ0) is 29.7. The van der Waals surface area contributed by atoms with Gasteiger partial charge in [-0.15, -0.1) is 0 Å². The van der Waals surface area contributed by atoms with Crippen molar-refractivity contribution < 1.29 is 28.5 Å². The van der Waals surface area contributed by atoms with Crippen LogP contribution in [-0.2, 0) is 14.3 Å². The van der Waals surface area contributed by atoms with Crippen LogP contribution in [0.5, 0.6) is 17.2 Å². The predicted molar refractivity (Wildman–Crippen MR) is 159 cm³/mol. The molecule has 2 aromatic carbocycles. The smallest absolute Gasteiger partial charge is 0.338 e. The Morgan fingerprint density at radius 2 is 1.88 bits per heavy atom. The number of allylic oxidation sites excluding steroid dienone is 1. The van der Waals surface area contributed by atoms with Gasteiger partial charge in [0.25, 0.3) is 5.56 Å². The van der Waals surface area contributed by atoms with Gasteiger partial charge in [-0.3, -0.25) is 14.2 Å². The van der Waals surface area contributed by atoms with Gasteiger partial charge in [0.05, 0.1) is 39.5 Å². The molecule has 0 spiro atoms. The van der Waals surface area contributed by atoms with Gasteiger partial charge in [-0.05, 0) is 78.2 Å². The van der Waals surface area contributed by atoms with E-state index in [0.29, 0.717) is 55.3 Å². The summed E-state index contributed by atoms with van der Waals surface area (Å²) in [5.41, 5.74) is 1.78. The molecule has 1 atom stereocenters. The van der Waals surface area contributed by atoms with Crippen LogP contribution in [0, 0.1) is 0 Å². The van der Waals surface area contributed by atoms with E-state index in [9.17, 15) is 14.4 Å². The number of halogens is 1. The minimum absolute atomic E-state index is 0.182. The van der Waals surface area contributed by atoms with Crippen molar-refractivity contribution in [1.82, 2.24) is 4.57 Å². The predicted octanol–water partition coefficient (Wildman–Crippen LogP) is 4.45. The van der Waals surface area contributed by atoms with Crippen LogP contribution in [0.4, 0.5) is 0 Å². The molecule has 3 aromatic rings. The lowest BCUT2D eigenvalue weighted by Crippen LogP contribution is -2.39. The molecule has 1 aliphatic rings. The molecule has 9 nitrogen and oxygen atoms in total. The van der Waals surface area contributed by atoms with Crippen LogP contribution < -0.4 is 29.1 Å². The van der Waals surface area contributed by atoms with Crippen molar-refractivity contribution >= 4 is 45.3 Å². The molecule has 0 bridgehead atoms. The number of aromatic nitrogens is 1. The van der Waals surface area contributed by atoms with Crippen LogP contribution in [-0.4, -0.2) is 36.3 Å². The van der Waals surface area contributed by atoms with Crippen LogP contribution >= 0.6 is 27.3 Å². The zero-order valence-corrected chi connectivity index (χ0v) is 25.5. The van der Waals surface area contributed by atoms with E-state index in [1.165, 1.54) is 22.8 Å². The first-order valence-corrected chi connectivity index (χ1v) is 14.5. The second kappa shape index (κ2) is 13.1. The van der Waals surface area contributed by atoms with E-state index in [4.69, 9.17) is 18.9 Å². The van der Waals surface area contributed by atoms with Crippen molar-refractivity contribution in [2.45, 2.75) is 33.7 Å². The highest BCUT2D eigenvalue weighted by Crippen LogP contribution is 2.37. The molecular formula is C30H29BrN2O7S. The summed E-state index contributed by atoms with van der Waals surface area (Å²) in [6.07, 6.45) is 3.36. The number of fused-ring (bicyclic) bond motifs is 1. The van der Waals surface area contributed by atoms with E-state index in [2.05, 4.69) is 27.5 Å². The molecular weight excluding hydrogens is 612 g/mol. The van der Waals surface area contributed by atoms with Gasteiger partial charge in [-0.25, -0.2) is 9.79 Å². The fraction of sp³-hybridized carbons (Fsp3) is 0.267. The second-order valence-electron chi connectivity index (χ2n) is 8.83. The summed E-state index contributed by atoms with van der Waals surface area (Å²) in [7, 11) is 0. The zero-order valence-electron chi connectivity index (χ0n) is 23.1. The maximum atomic E-state index is 13.9. The van der Waals surface area contributed by atoms with Gasteiger partial charge < -0.3 is 18.9 Å². The Balaban J connectivity index is 1.88. The third-order valence-corrected chi connectivity index (χ3v) is 7.53. The first-order chi connectivity index (χ1) is 19.7. The molecule has 0 N–H and O–H groups in total. The van der Waals surface area contributed by atoms with E-state index in [1.54, 1.807) is 50.3 Å². The van der Waals surface area contributed by atoms with E-state index in [0.717, 1.165) is 0 Å². The number of rotatable bonds is 10. The SMILES string of the molecule is C=CCOc1ccc(C2C(C(=O)OCC)=C(C)N=c3s/c(=C/c4cc(Br)c(OC(C)=O)c(OCC)c4)c(=O)n32)cc1. The molecule has 2 heterocycles. The Kier molecular flexibility index (Phi) is 9.61. The van der Waals surface area contributed by atoms with Crippen LogP contribution in [0.25, 0.3) is 6.08 Å². The van der Waals surface area contributed by atoms with Gasteiger partial charge in [0, 0.05) is 6.92 Å². The van der Waals surface area contributed by atoms with E-state index < -0.39 is 18.0 Å². The molecule has 1 aromatic heterocycles. The number of carbonyl (C=O) groups is 2. The maximum absolute atomic E-state index is 13.9. The number of hydrogen-bond acceptors (Lipinski definition) is 9. The van der Waals surface area contributed by atoms with Crippen LogP contribution in [0.3, 0.4) is 0 Å². The molecule has 0 amide bonds. The second-order valence-corrected chi connectivity index (χ2v) is 10.7. The molecule has 0 aliphatic carbocycles. The highest BCUT2D eigenvalue weighted by atomic mass is 79.9. The summed E-state index contributed by atoms with van der Waals surface area (Å²) in [6, 6.07) is 9.87. The quantitative estimate of drug-likeness (QED) is 0.183. The van der Waals surface area contributed by atoms with Crippen molar-refractivity contribution in [3.63, 3.8) is 0 Å². The number of carbonyl (C=O) groups excluding carboxylic acids is 2. The van der Waals surface area contributed by atoms with Crippen molar-refractivity contribution in [2.24, 2.45) is 4.99 Å². The normalized spacial score (nSPS) is 14.7. The van der Waals surface area contributed by atoms with Gasteiger partial charge in [-0.2, -0.15) is 0 Å². The van der Waals surface area contributed by atoms with Crippen LogP contribution in [0.2, 0.25) is 0 Å². The first-order valence-electron chi connectivity index (χ1n) is 12.9. The lowest BCUT2D eigenvalue weighted by molar-refractivity contribution is -0.139. The van der Waals surface area contributed by atoms with Crippen molar-refractivity contribution in [2.75, 3.05) is 19.8 Å². The third-order valence-electron chi connectivity index (χ3n) is 5.96. The Morgan fingerprint density at radius 1 is 1.15 bits per heavy atom. The first kappa shape index (κ1) is 30.0. The van der Waals surface area contributed by atoms with Crippen molar-refractivity contribution in [1.29, 1.82) is 0 Å². The molecule has 41 heavy (non-hydrogen) atoms. The number of thiazole rings is 1. The van der Waals surface area contributed by atoms with E-state index >= 15 is 0 Å². The summed E-state index contributed by atoms with van der Waals surface area (Å²) in [6.45, 7) is 11.1. The summed E-state index contributed by atoms with van der Waals surface area (Å²) >= 11 is 4.65. The van der Waals surface area contributed by atoms with Crippen LogP contribution in [0.15, 0.2) is 74.6 Å².